The van der Waals surface area contributed by atoms with Crippen LogP contribution in [-0.2, 0) is 6.42 Å². The van der Waals surface area contributed by atoms with Crippen molar-refractivity contribution in [2.45, 2.75) is 26.3 Å². The molecule has 3 nitrogen and oxygen atoms in total. The fourth-order valence-electron chi connectivity index (χ4n) is 2.63. The zero-order valence-electron chi connectivity index (χ0n) is 12.3. The molecule has 0 bridgehead atoms. The van der Waals surface area contributed by atoms with E-state index in [4.69, 9.17) is 0 Å². The smallest absolute Gasteiger partial charge is 0.0804 e. The summed E-state index contributed by atoms with van der Waals surface area (Å²) in [5.41, 5.74) is 2.37. The molecule has 0 aliphatic carbocycles. The molecule has 1 aromatic heterocycles. The van der Waals surface area contributed by atoms with E-state index < -0.39 is 0 Å². The molecule has 2 aromatic carbocycles. The first-order valence-corrected chi connectivity index (χ1v) is 8.14. The summed E-state index contributed by atoms with van der Waals surface area (Å²) in [6, 6.07) is 15.3. The van der Waals surface area contributed by atoms with Gasteiger partial charge in [-0.1, -0.05) is 54.7 Å². The third-order valence-corrected chi connectivity index (χ3v) is 4.53. The lowest BCUT2D eigenvalue weighted by Crippen LogP contribution is -2.22. The first-order chi connectivity index (χ1) is 10.3. The molecule has 0 saturated heterocycles. The molecule has 1 heterocycles. The van der Waals surface area contributed by atoms with E-state index in [0.717, 1.165) is 18.7 Å². The standard InChI is InChI=1S/C17H19N3S/c1-3-15-17(21-20-19-15)16(18-4-2)14-10-9-12-7-5-6-8-13(12)11-14/h5-11,16,18H,3-4H2,1-2H3. The van der Waals surface area contributed by atoms with Crippen molar-refractivity contribution in [3.63, 3.8) is 0 Å². The fraction of sp³-hybridized carbons (Fsp3) is 0.294. The van der Waals surface area contributed by atoms with E-state index in [1.165, 1.54) is 32.7 Å². The number of nitrogens with one attached hydrogen (secondary N) is 1. The number of hydrogen-bond acceptors (Lipinski definition) is 4. The minimum atomic E-state index is 0.176. The highest BCUT2D eigenvalue weighted by molar-refractivity contribution is 7.05. The second-order valence-electron chi connectivity index (χ2n) is 5.03. The van der Waals surface area contributed by atoms with Crippen molar-refractivity contribution in [2.75, 3.05) is 6.54 Å². The third kappa shape index (κ3) is 2.82. The van der Waals surface area contributed by atoms with Crippen molar-refractivity contribution < 1.29 is 0 Å². The lowest BCUT2D eigenvalue weighted by molar-refractivity contribution is 0.633. The monoisotopic (exact) mass is 297 g/mol. The maximum absolute atomic E-state index is 4.25. The number of fused-ring (bicyclic) bond motifs is 1. The van der Waals surface area contributed by atoms with E-state index in [1.54, 1.807) is 0 Å². The fourth-order valence-corrected chi connectivity index (χ4v) is 3.48. The Morgan fingerprint density at radius 1 is 1.10 bits per heavy atom. The molecule has 0 aliphatic rings. The number of hydrogen-bond donors (Lipinski definition) is 1. The van der Waals surface area contributed by atoms with Gasteiger partial charge in [-0.25, -0.2) is 0 Å². The molecule has 108 valence electrons. The quantitative estimate of drug-likeness (QED) is 0.775. The Kier molecular flexibility index (Phi) is 4.27. The lowest BCUT2D eigenvalue weighted by atomic mass is 9.99. The summed E-state index contributed by atoms with van der Waals surface area (Å²) < 4.78 is 4.14. The molecular weight excluding hydrogens is 278 g/mol. The van der Waals surface area contributed by atoms with Crippen molar-refractivity contribution in [3.05, 3.63) is 58.6 Å². The first-order valence-electron chi connectivity index (χ1n) is 7.36. The van der Waals surface area contributed by atoms with Crippen molar-refractivity contribution in [1.82, 2.24) is 14.9 Å². The second kappa shape index (κ2) is 6.33. The third-order valence-electron chi connectivity index (χ3n) is 3.70. The Labute approximate surface area is 129 Å². The van der Waals surface area contributed by atoms with Gasteiger partial charge in [-0.15, -0.1) is 5.10 Å². The van der Waals surface area contributed by atoms with Crippen molar-refractivity contribution in [1.29, 1.82) is 0 Å². The summed E-state index contributed by atoms with van der Waals surface area (Å²) in [5, 5.41) is 10.4. The van der Waals surface area contributed by atoms with E-state index in [2.05, 4.69) is 71.2 Å². The Bertz CT molecular complexity index is 735. The highest BCUT2D eigenvalue weighted by atomic mass is 32.1. The van der Waals surface area contributed by atoms with Crippen LogP contribution in [0.1, 0.15) is 36.0 Å². The summed E-state index contributed by atoms with van der Waals surface area (Å²) in [6.07, 6.45) is 0.918. The van der Waals surface area contributed by atoms with Crippen LogP contribution in [0.2, 0.25) is 0 Å². The minimum Gasteiger partial charge on any atom is -0.306 e. The summed E-state index contributed by atoms with van der Waals surface area (Å²) in [7, 11) is 0. The van der Waals surface area contributed by atoms with Crippen LogP contribution in [0.5, 0.6) is 0 Å². The highest BCUT2D eigenvalue weighted by Gasteiger charge is 2.19. The zero-order chi connectivity index (χ0) is 14.7. The molecule has 0 spiro atoms. The Hall–Kier alpha value is -1.78. The van der Waals surface area contributed by atoms with Crippen molar-refractivity contribution >= 4 is 22.3 Å². The van der Waals surface area contributed by atoms with Gasteiger partial charge in [0, 0.05) is 0 Å². The molecule has 3 rings (SSSR count). The Balaban J connectivity index is 2.06. The van der Waals surface area contributed by atoms with Crippen LogP contribution in [0.15, 0.2) is 42.5 Å². The SMILES string of the molecule is CCNC(c1ccc2ccccc2c1)c1snnc1CC. The molecule has 0 fully saturated rings. The predicted octanol–water partition coefficient (Wildman–Crippen LogP) is 3.95. The molecule has 1 atom stereocenters. The van der Waals surface area contributed by atoms with E-state index in [9.17, 15) is 0 Å². The van der Waals surface area contributed by atoms with Crippen LogP contribution >= 0.6 is 11.5 Å². The van der Waals surface area contributed by atoms with Gasteiger partial charge in [0.2, 0.25) is 0 Å². The average Bonchev–Trinajstić information content (AvgIpc) is 3.00. The van der Waals surface area contributed by atoms with Crippen LogP contribution in [-0.4, -0.2) is 16.1 Å². The van der Waals surface area contributed by atoms with E-state index >= 15 is 0 Å². The van der Waals surface area contributed by atoms with Crippen LogP contribution in [0.4, 0.5) is 0 Å². The van der Waals surface area contributed by atoms with Crippen molar-refractivity contribution in [3.8, 4) is 0 Å². The zero-order valence-corrected chi connectivity index (χ0v) is 13.2. The lowest BCUT2D eigenvalue weighted by Gasteiger charge is -2.18. The molecule has 4 heteroatoms. The summed E-state index contributed by atoms with van der Waals surface area (Å²) in [6.45, 7) is 5.18. The Morgan fingerprint density at radius 3 is 2.67 bits per heavy atom. The summed E-state index contributed by atoms with van der Waals surface area (Å²) in [5.74, 6) is 0. The molecule has 0 amide bonds. The number of benzene rings is 2. The van der Waals surface area contributed by atoms with Gasteiger partial charge in [-0.2, -0.15) is 0 Å². The predicted molar refractivity (Wildman–Crippen MR) is 88.8 cm³/mol. The van der Waals surface area contributed by atoms with Gasteiger partial charge in [0.25, 0.3) is 0 Å². The van der Waals surface area contributed by atoms with Crippen LogP contribution < -0.4 is 5.32 Å². The maximum Gasteiger partial charge on any atom is 0.0804 e. The van der Waals surface area contributed by atoms with Crippen LogP contribution in [0, 0.1) is 0 Å². The molecule has 3 aromatic rings. The highest BCUT2D eigenvalue weighted by Crippen LogP contribution is 2.29. The summed E-state index contributed by atoms with van der Waals surface area (Å²) >= 11 is 1.50. The molecule has 0 saturated carbocycles. The van der Waals surface area contributed by atoms with Gasteiger partial charge >= 0.3 is 0 Å². The second-order valence-corrected chi connectivity index (χ2v) is 5.82. The molecular formula is C17H19N3S. The number of aromatic nitrogens is 2. The van der Waals surface area contributed by atoms with Gasteiger partial charge < -0.3 is 5.32 Å². The largest absolute Gasteiger partial charge is 0.306 e. The van der Waals surface area contributed by atoms with Gasteiger partial charge in [0.1, 0.15) is 0 Å². The molecule has 0 radical (unpaired) electrons. The topological polar surface area (TPSA) is 37.8 Å². The molecule has 21 heavy (non-hydrogen) atoms. The van der Waals surface area contributed by atoms with Crippen LogP contribution in [0.25, 0.3) is 10.8 Å². The number of aryl methyl sites for hydroxylation is 1. The summed E-state index contributed by atoms with van der Waals surface area (Å²) in [4.78, 5) is 1.23. The number of nitrogens with zero attached hydrogens (tertiary/aromatic N) is 2. The molecule has 1 N–H and O–H groups in total. The van der Waals surface area contributed by atoms with E-state index in [-0.39, 0.29) is 6.04 Å². The average molecular weight is 297 g/mol. The van der Waals surface area contributed by atoms with Gasteiger partial charge in [0.15, 0.2) is 0 Å². The van der Waals surface area contributed by atoms with Gasteiger partial charge in [0.05, 0.1) is 16.6 Å². The van der Waals surface area contributed by atoms with Crippen LogP contribution in [0.3, 0.4) is 0 Å². The maximum atomic E-state index is 4.25. The minimum absolute atomic E-state index is 0.176. The van der Waals surface area contributed by atoms with Gasteiger partial charge in [-0.3, -0.25) is 0 Å². The first kappa shape index (κ1) is 14.2. The van der Waals surface area contributed by atoms with Crippen molar-refractivity contribution in [2.24, 2.45) is 0 Å². The Morgan fingerprint density at radius 2 is 1.90 bits per heavy atom. The van der Waals surface area contributed by atoms with E-state index in [0.29, 0.717) is 0 Å². The van der Waals surface area contributed by atoms with Gasteiger partial charge in [-0.05, 0) is 46.9 Å². The van der Waals surface area contributed by atoms with E-state index in [1.807, 2.05) is 0 Å². The molecule has 0 aliphatic heterocycles. The normalized spacial score (nSPS) is 12.7. The molecule has 1 unspecified atom stereocenters. The number of rotatable bonds is 5.